The van der Waals surface area contributed by atoms with Gasteiger partial charge in [-0.15, -0.1) is 0 Å². The molecule has 0 aromatic heterocycles. The lowest BCUT2D eigenvalue weighted by Crippen LogP contribution is -2.30. The lowest BCUT2D eigenvalue weighted by molar-refractivity contribution is 0.230. The SMILES string of the molecule is NCCN1CCOc2cc(Cl)ccc2C1. The summed E-state index contributed by atoms with van der Waals surface area (Å²) in [5.74, 6) is 0.905. The number of benzene rings is 1. The summed E-state index contributed by atoms with van der Waals surface area (Å²) in [6.07, 6.45) is 0. The van der Waals surface area contributed by atoms with Gasteiger partial charge in [-0.25, -0.2) is 0 Å². The van der Waals surface area contributed by atoms with Crippen molar-refractivity contribution in [2.75, 3.05) is 26.2 Å². The Hall–Kier alpha value is -0.770. The Kier molecular flexibility index (Phi) is 3.46. The molecule has 4 heteroatoms. The third-order valence-electron chi connectivity index (χ3n) is 2.53. The Labute approximate surface area is 94.8 Å². The van der Waals surface area contributed by atoms with Crippen LogP contribution < -0.4 is 10.5 Å². The summed E-state index contributed by atoms with van der Waals surface area (Å²) in [7, 11) is 0. The third kappa shape index (κ3) is 2.62. The monoisotopic (exact) mass is 226 g/mol. The first kappa shape index (κ1) is 10.7. The van der Waals surface area contributed by atoms with E-state index in [1.165, 1.54) is 5.56 Å². The number of rotatable bonds is 2. The third-order valence-corrected chi connectivity index (χ3v) is 2.77. The molecule has 0 unspecified atom stereocenters. The van der Waals surface area contributed by atoms with Gasteiger partial charge in [0, 0.05) is 36.8 Å². The van der Waals surface area contributed by atoms with E-state index in [1.807, 2.05) is 18.2 Å². The molecule has 15 heavy (non-hydrogen) atoms. The molecule has 1 aliphatic rings. The van der Waals surface area contributed by atoms with Gasteiger partial charge in [0.1, 0.15) is 12.4 Å². The van der Waals surface area contributed by atoms with Crippen LogP contribution in [-0.4, -0.2) is 31.1 Å². The first-order valence-electron chi connectivity index (χ1n) is 5.13. The summed E-state index contributed by atoms with van der Waals surface area (Å²) in [6, 6.07) is 5.80. The largest absolute Gasteiger partial charge is 0.492 e. The highest BCUT2D eigenvalue weighted by atomic mass is 35.5. The van der Waals surface area contributed by atoms with Gasteiger partial charge in [0.05, 0.1) is 0 Å². The molecule has 0 saturated carbocycles. The topological polar surface area (TPSA) is 38.5 Å². The van der Waals surface area contributed by atoms with E-state index >= 15 is 0 Å². The zero-order valence-corrected chi connectivity index (χ0v) is 9.33. The van der Waals surface area contributed by atoms with E-state index in [-0.39, 0.29) is 0 Å². The number of nitrogens with two attached hydrogens (primary N) is 1. The zero-order chi connectivity index (χ0) is 10.7. The summed E-state index contributed by atoms with van der Waals surface area (Å²) < 4.78 is 5.64. The summed E-state index contributed by atoms with van der Waals surface area (Å²) in [4.78, 5) is 2.29. The van der Waals surface area contributed by atoms with Crippen LogP contribution in [0.4, 0.5) is 0 Å². The van der Waals surface area contributed by atoms with Crippen molar-refractivity contribution in [3.63, 3.8) is 0 Å². The number of nitrogens with zero attached hydrogens (tertiary/aromatic N) is 1. The van der Waals surface area contributed by atoms with Crippen molar-refractivity contribution in [1.82, 2.24) is 4.90 Å². The van der Waals surface area contributed by atoms with Crippen molar-refractivity contribution in [2.24, 2.45) is 5.73 Å². The Morgan fingerprint density at radius 2 is 2.33 bits per heavy atom. The molecule has 0 amide bonds. The maximum Gasteiger partial charge on any atom is 0.125 e. The molecule has 2 rings (SSSR count). The molecule has 1 aromatic carbocycles. The number of halogens is 1. The molecule has 0 radical (unpaired) electrons. The van der Waals surface area contributed by atoms with Crippen molar-refractivity contribution in [3.05, 3.63) is 28.8 Å². The quantitative estimate of drug-likeness (QED) is 0.831. The van der Waals surface area contributed by atoms with Crippen LogP contribution in [0.5, 0.6) is 5.75 Å². The van der Waals surface area contributed by atoms with E-state index in [0.717, 1.165) is 30.4 Å². The first-order valence-corrected chi connectivity index (χ1v) is 5.51. The minimum Gasteiger partial charge on any atom is -0.492 e. The Morgan fingerprint density at radius 3 is 3.13 bits per heavy atom. The van der Waals surface area contributed by atoms with Crippen LogP contribution in [0.3, 0.4) is 0 Å². The van der Waals surface area contributed by atoms with Crippen LogP contribution in [0.2, 0.25) is 5.02 Å². The van der Waals surface area contributed by atoms with E-state index in [4.69, 9.17) is 22.1 Å². The normalized spacial score (nSPS) is 16.7. The van der Waals surface area contributed by atoms with Crippen molar-refractivity contribution in [3.8, 4) is 5.75 Å². The predicted molar refractivity (Wildman–Crippen MR) is 61.3 cm³/mol. The second-order valence-electron chi connectivity index (χ2n) is 3.67. The zero-order valence-electron chi connectivity index (χ0n) is 8.58. The van der Waals surface area contributed by atoms with Crippen molar-refractivity contribution in [2.45, 2.75) is 6.54 Å². The standard InChI is InChI=1S/C11H15ClN2O/c12-10-2-1-9-8-14(4-3-13)5-6-15-11(9)7-10/h1-2,7H,3-6,8,13H2. The maximum absolute atomic E-state index is 5.91. The molecular weight excluding hydrogens is 212 g/mol. The van der Waals surface area contributed by atoms with Gasteiger partial charge in [0.2, 0.25) is 0 Å². The Morgan fingerprint density at radius 1 is 1.47 bits per heavy atom. The molecular formula is C11H15ClN2O. The van der Waals surface area contributed by atoms with Crippen molar-refractivity contribution >= 4 is 11.6 Å². The number of fused-ring (bicyclic) bond motifs is 1. The predicted octanol–water partition coefficient (Wildman–Crippen LogP) is 1.49. The second-order valence-corrected chi connectivity index (χ2v) is 4.10. The lowest BCUT2D eigenvalue weighted by Gasteiger charge is -2.17. The molecule has 0 fully saturated rings. The molecule has 2 N–H and O–H groups in total. The summed E-state index contributed by atoms with van der Waals surface area (Å²) in [6.45, 7) is 4.11. The summed E-state index contributed by atoms with van der Waals surface area (Å²) >= 11 is 5.91. The maximum atomic E-state index is 5.91. The molecule has 0 aliphatic carbocycles. The van der Waals surface area contributed by atoms with Gasteiger partial charge in [-0.3, -0.25) is 4.90 Å². The Balaban J connectivity index is 2.18. The van der Waals surface area contributed by atoms with Gasteiger partial charge >= 0.3 is 0 Å². The van der Waals surface area contributed by atoms with Crippen LogP contribution in [0, 0.1) is 0 Å². The fourth-order valence-electron chi connectivity index (χ4n) is 1.77. The Bertz CT molecular complexity index is 343. The molecule has 1 aromatic rings. The molecule has 82 valence electrons. The lowest BCUT2D eigenvalue weighted by atomic mass is 10.2. The fourth-order valence-corrected chi connectivity index (χ4v) is 1.93. The highest BCUT2D eigenvalue weighted by molar-refractivity contribution is 6.30. The van der Waals surface area contributed by atoms with Gasteiger partial charge in [-0.1, -0.05) is 17.7 Å². The molecule has 0 saturated heterocycles. The van der Waals surface area contributed by atoms with Gasteiger partial charge in [-0.2, -0.15) is 0 Å². The smallest absolute Gasteiger partial charge is 0.125 e. The average molecular weight is 227 g/mol. The summed E-state index contributed by atoms with van der Waals surface area (Å²) in [5, 5.41) is 0.723. The van der Waals surface area contributed by atoms with Crippen LogP contribution in [0.25, 0.3) is 0 Å². The molecule has 1 aliphatic heterocycles. The molecule has 0 spiro atoms. The summed E-state index contributed by atoms with van der Waals surface area (Å²) in [5.41, 5.74) is 6.74. The molecule has 0 atom stereocenters. The van der Waals surface area contributed by atoms with E-state index in [1.54, 1.807) is 0 Å². The minimum absolute atomic E-state index is 0.683. The number of hydrogen-bond acceptors (Lipinski definition) is 3. The van der Waals surface area contributed by atoms with Crippen molar-refractivity contribution < 1.29 is 4.74 Å². The van der Waals surface area contributed by atoms with Crippen molar-refractivity contribution in [1.29, 1.82) is 0 Å². The molecule has 0 bridgehead atoms. The number of ether oxygens (including phenoxy) is 1. The number of hydrogen-bond donors (Lipinski definition) is 1. The molecule has 3 nitrogen and oxygen atoms in total. The first-order chi connectivity index (χ1) is 7.29. The highest BCUT2D eigenvalue weighted by Gasteiger charge is 2.14. The fraction of sp³-hybridized carbons (Fsp3) is 0.455. The molecule has 1 heterocycles. The van der Waals surface area contributed by atoms with E-state index in [2.05, 4.69) is 4.90 Å². The second kappa shape index (κ2) is 4.84. The van der Waals surface area contributed by atoms with E-state index < -0.39 is 0 Å². The van der Waals surface area contributed by atoms with E-state index in [0.29, 0.717) is 13.2 Å². The van der Waals surface area contributed by atoms with E-state index in [9.17, 15) is 0 Å². The van der Waals surface area contributed by atoms with Gasteiger partial charge in [-0.05, 0) is 12.1 Å². The highest BCUT2D eigenvalue weighted by Crippen LogP contribution is 2.26. The van der Waals surface area contributed by atoms with Crippen LogP contribution in [0.15, 0.2) is 18.2 Å². The average Bonchev–Trinajstić information content (AvgIpc) is 2.40. The van der Waals surface area contributed by atoms with Gasteiger partial charge in [0.25, 0.3) is 0 Å². The minimum atomic E-state index is 0.683. The van der Waals surface area contributed by atoms with Crippen LogP contribution >= 0.6 is 11.6 Å². The van der Waals surface area contributed by atoms with Gasteiger partial charge < -0.3 is 10.5 Å². The van der Waals surface area contributed by atoms with Gasteiger partial charge in [0.15, 0.2) is 0 Å². The van der Waals surface area contributed by atoms with Crippen LogP contribution in [0.1, 0.15) is 5.56 Å². The van der Waals surface area contributed by atoms with Crippen LogP contribution in [-0.2, 0) is 6.54 Å².